The fourth-order valence-electron chi connectivity index (χ4n) is 1.43. The van der Waals surface area contributed by atoms with Crippen molar-refractivity contribution < 1.29 is 18.3 Å². The molecule has 0 amide bonds. The third-order valence-electron chi connectivity index (χ3n) is 2.28. The van der Waals surface area contributed by atoms with Crippen LogP contribution in [0.3, 0.4) is 0 Å². The van der Waals surface area contributed by atoms with Crippen molar-refractivity contribution in [3.05, 3.63) is 51.7 Å². The second kappa shape index (κ2) is 4.85. The number of aromatic nitrogens is 1. The van der Waals surface area contributed by atoms with Crippen LogP contribution in [0.2, 0.25) is 0 Å². The molecule has 2 nitrogen and oxygen atoms in total. The van der Waals surface area contributed by atoms with E-state index in [1.54, 1.807) is 11.6 Å². The molecule has 0 fully saturated rings. The van der Waals surface area contributed by atoms with Gasteiger partial charge in [0, 0.05) is 23.6 Å². The van der Waals surface area contributed by atoms with Crippen molar-refractivity contribution in [1.29, 1.82) is 0 Å². The van der Waals surface area contributed by atoms with Crippen LogP contribution in [0.5, 0.6) is 0 Å². The highest BCUT2D eigenvalue weighted by molar-refractivity contribution is 7.09. The average molecular weight is 259 g/mol. The van der Waals surface area contributed by atoms with Crippen LogP contribution in [0.4, 0.5) is 13.2 Å². The zero-order chi connectivity index (χ0) is 12.4. The molecule has 0 radical (unpaired) electrons. The van der Waals surface area contributed by atoms with Gasteiger partial charge in [-0.25, -0.2) is 18.2 Å². The van der Waals surface area contributed by atoms with E-state index in [0.717, 1.165) is 12.1 Å². The Morgan fingerprint density at radius 3 is 2.65 bits per heavy atom. The summed E-state index contributed by atoms with van der Waals surface area (Å²) in [5.74, 6) is -4.19. The fourth-order valence-corrected chi connectivity index (χ4v) is 2.08. The maximum Gasteiger partial charge on any atom is 0.194 e. The van der Waals surface area contributed by atoms with Gasteiger partial charge in [-0.1, -0.05) is 6.07 Å². The molecule has 2 aromatic rings. The Labute approximate surface area is 99.4 Å². The van der Waals surface area contributed by atoms with Crippen molar-refractivity contribution in [2.45, 2.75) is 12.5 Å². The van der Waals surface area contributed by atoms with Crippen LogP contribution in [0.25, 0.3) is 0 Å². The summed E-state index contributed by atoms with van der Waals surface area (Å²) < 4.78 is 39.0. The van der Waals surface area contributed by atoms with Crippen molar-refractivity contribution in [1.82, 2.24) is 4.98 Å². The van der Waals surface area contributed by atoms with Crippen LogP contribution in [0, 0.1) is 17.5 Å². The Bertz CT molecular complexity index is 516. The highest BCUT2D eigenvalue weighted by Crippen LogP contribution is 2.24. The number of hydrogen-bond acceptors (Lipinski definition) is 3. The Balaban J connectivity index is 2.25. The molecular weight excluding hydrogens is 251 g/mol. The summed E-state index contributed by atoms with van der Waals surface area (Å²) >= 11 is 1.30. The first-order chi connectivity index (χ1) is 8.09. The summed E-state index contributed by atoms with van der Waals surface area (Å²) in [5, 5.41) is 12.0. The van der Waals surface area contributed by atoms with Crippen molar-refractivity contribution in [2.24, 2.45) is 0 Å². The fraction of sp³-hybridized carbons (Fsp3) is 0.182. The molecule has 0 aliphatic rings. The van der Waals surface area contributed by atoms with Gasteiger partial charge in [0.1, 0.15) is 0 Å². The minimum Gasteiger partial charge on any atom is -0.388 e. The normalized spacial score (nSPS) is 12.7. The molecule has 0 aliphatic carbocycles. The van der Waals surface area contributed by atoms with Gasteiger partial charge in [-0.15, -0.1) is 11.3 Å². The third-order valence-corrected chi connectivity index (χ3v) is 3.08. The number of nitrogens with zero attached hydrogens (tertiary/aromatic N) is 1. The smallest absolute Gasteiger partial charge is 0.194 e. The first-order valence-corrected chi connectivity index (χ1v) is 5.67. The summed E-state index contributed by atoms with van der Waals surface area (Å²) in [7, 11) is 0. The van der Waals surface area contributed by atoms with E-state index in [4.69, 9.17) is 0 Å². The van der Waals surface area contributed by atoms with Gasteiger partial charge in [0.15, 0.2) is 17.5 Å². The molecule has 1 unspecified atom stereocenters. The molecular formula is C11H8F3NOS. The van der Waals surface area contributed by atoms with E-state index < -0.39 is 23.6 Å². The van der Waals surface area contributed by atoms with E-state index in [9.17, 15) is 18.3 Å². The van der Waals surface area contributed by atoms with Crippen LogP contribution in [0.15, 0.2) is 23.7 Å². The zero-order valence-electron chi connectivity index (χ0n) is 8.53. The zero-order valence-corrected chi connectivity index (χ0v) is 9.35. The highest BCUT2D eigenvalue weighted by Gasteiger charge is 2.19. The minimum atomic E-state index is -1.57. The number of aliphatic hydroxyl groups is 1. The largest absolute Gasteiger partial charge is 0.388 e. The maximum absolute atomic E-state index is 13.3. The molecule has 1 N–H and O–H groups in total. The van der Waals surface area contributed by atoms with Crippen LogP contribution >= 0.6 is 11.3 Å². The number of thiazole rings is 1. The molecule has 1 atom stereocenters. The van der Waals surface area contributed by atoms with Crippen molar-refractivity contribution >= 4 is 11.3 Å². The second-order valence-corrected chi connectivity index (χ2v) is 4.39. The summed E-state index contributed by atoms with van der Waals surface area (Å²) in [4.78, 5) is 3.92. The van der Waals surface area contributed by atoms with E-state index in [-0.39, 0.29) is 12.0 Å². The number of aliphatic hydroxyl groups excluding tert-OH is 1. The molecule has 1 aromatic heterocycles. The molecule has 1 heterocycles. The maximum atomic E-state index is 13.3. The molecule has 6 heteroatoms. The van der Waals surface area contributed by atoms with E-state index in [2.05, 4.69) is 4.98 Å². The molecule has 0 aliphatic heterocycles. The van der Waals surface area contributed by atoms with E-state index in [1.165, 1.54) is 11.3 Å². The van der Waals surface area contributed by atoms with Gasteiger partial charge in [-0.3, -0.25) is 0 Å². The molecule has 1 aromatic carbocycles. The highest BCUT2D eigenvalue weighted by atomic mass is 32.1. The van der Waals surface area contributed by atoms with E-state index in [1.807, 2.05) is 0 Å². The lowest BCUT2D eigenvalue weighted by atomic mass is 10.1. The molecule has 0 bridgehead atoms. The van der Waals surface area contributed by atoms with Crippen LogP contribution < -0.4 is 0 Å². The Morgan fingerprint density at radius 1 is 1.24 bits per heavy atom. The van der Waals surface area contributed by atoms with Crippen molar-refractivity contribution in [2.75, 3.05) is 0 Å². The van der Waals surface area contributed by atoms with Gasteiger partial charge < -0.3 is 5.11 Å². The SMILES string of the molecule is OC(Cc1nccs1)c1ccc(F)c(F)c1F. The van der Waals surface area contributed by atoms with Gasteiger partial charge in [0.2, 0.25) is 0 Å². The molecule has 0 spiro atoms. The topological polar surface area (TPSA) is 33.1 Å². The average Bonchev–Trinajstić information content (AvgIpc) is 2.78. The van der Waals surface area contributed by atoms with Crippen molar-refractivity contribution in [3.63, 3.8) is 0 Å². The lowest BCUT2D eigenvalue weighted by Gasteiger charge is -2.10. The number of halogens is 3. The molecule has 0 saturated carbocycles. The molecule has 2 rings (SSSR count). The first-order valence-electron chi connectivity index (χ1n) is 4.79. The van der Waals surface area contributed by atoms with E-state index >= 15 is 0 Å². The summed E-state index contributed by atoms with van der Waals surface area (Å²) in [5.41, 5.74) is -0.265. The Morgan fingerprint density at radius 2 is 2.00 bits per heavy atom. The van der Waals surface area contributed by atoms with Gasteiger partial charge in [-0.05, 0) is 6.07 Å². The summed E-state index contributed by atoms with van der Waals surface area (Å²) in [6.07, 6.45) is 0.379. The van der Waals surface area contributed by atoms with E-state index in [0.29, 0.717) is 5.01 Å². The predicted molar refractivity (Wildman–Crippen MR) is 57.1 cm³/mol. The monoisotopic (exact) mass is 259 g/mol. The molecule has 17 heavy (non-hydrogen) atoms. The third kappa shape index (κ3) is 2.48. The van der Waals surface area contributed by atoms with Crippen LogP contribution in [0.1, 0.15) is 16.7 Å². The summed E-state index contributed by atoms with van der Waals surface area (Å²) in [6, 6.07) is 1.82. The lowest BCUT2D eigenvalue weighted by molar-refractivity contribution is 0.171. The second-order valence-electron chi connectivity index (χ2n) is 3.41. The standard InChI is InChI=1S/C11H8F3NOS/c12-7-2-1-6(10(13)11(7)14)8(16)5-9-15-3-4-17-9/h1-4,8,16H,5H2. The molecule has 90 valence electrons. The summed E-state index contributed by atoms with van der Waals surface area (Å²) in [6.45, 7) is 0. The predicted octanol–water partition coefficient (Wildman–Crippen LogP) is 2.84. The Hall–Kier alpha value is -1.40. The number of hydrogen-bond donors (Lipinski definition) is 1. The minimum absolute atomic E-state index is 0.0691. The Kier molecular flexibility index (Phi) is 3.44. The van der Waals surface area contributed by atoms with Crippen LogP contribution in [-0.2, 0) is 6.42 Å². The molecule has 0 saturated heterocycles. The van der Waals surface area contributed by atoms with Gasteiger partial charge >= 0.3 is 0 Å². The first kappa shape index (κ1) is 12.1. The quantitative estimate of drug-likeness (QED) is 0.860. The van der Waals surface area contributed by atoms with Gasteiger partial charge in [0.05, 0.1) is 11.1 Å². The van der Waals surface area contributed by atoms with Gasteiger partial charge in [0.25, 0.3) is 0 Å². The van der Waals surface area contributed by atoms with Crippen LogP contribution in [-0.4, -0.2) is 10.1 Å². The number of rotatable bonds is 3. The van der Waals surface area contributed by atoms with Gasteiger partial charge in [-0.2, -0.15) is 0 Å². The lowest BCUT2D eigenvalue weighted by Crippen LogP contribution is -2.06. The number of benzene rings is 1. The van der Waals surface area contributed by atoms with Crippen molar-refractivity contribution in [3.8, 4) is 0 Å².